The maximum atomic E-state index is 12.2. The molecule has 2 aromatic rings. The van der Waals surface area contributed by atoms with Crippen molar-refractivity contribution < 1.29 is 19.4 Å². The Kier molecular flexibility index (Phi) is 4.80. The lowest BCUT2D eigenvalue weighted by atomic mass is 10.0. The molecule has 0 aliphatic carbocycles. The van der Waals surface area contributed by atoms with Gasteiger partial charge in [-0.1, -0.05) is 42.5 Å². The summed E-state index contributed by atoms with van der Waals surface area (Å²) in [4.78, 5) is 30.7. The minimum Gasteiger partial charge on any atom is -0.465 e. The van der Waals surface area contributed by atoms with Crippen molar-refractivity contribution in [1.29, 1.82) is 0 Å². The maximum absolute atomic E-state index is 12.2. The molecule has 0 unspecified atom stereocenters. The quantitative estimate of drug-likeness (QED) is 0.657. The minimum absolute atomic E-state index is 0.228. The number of piperazine rings is 1. The van der Waals surface area contributed by atoms with Crippen LogP contribution in [0.15, 0.2) is 71.5 Å². The Morgan fingerprint density at radius 2 is 1.54 bits per heavy atom. The number of amides is 1. The van der Waals surface area contributed by atoms with Gasteiger partial charge >= 0.3 is 12.1 Å². The Morgan fingerprint density at radius 1 is 0.929 bits per heavy atom. The molecule has 7 nitrogen and oxygen atoms in total. The van der Waals surface area contributed by atoms with Gasteiger partial charge < -0.3 is 19.6 Å². The third kappa shape index (κ3) is 3.73. The van der Waals surface area contributed by atoms with E-state index < -0.39 is 12.1 Å². The van der Waals surface area contributed by atoms with E-state index in [9.17, 15) is 9.59 Å². The number of hydrogen-bond donors (Lipinski definition) is 1. The standard InChI is InChI=1S/C21H19N3O4/c25-20-18(14-23-10-12-24(13-11-23)21(26)27)22-19(28-20)17-8-6-16(7-9-17)15-4-2-1-3-5-15/h1-9,14H,10-13H2,(H,26,27)/b18-14+. The molecule has 0 saturated carbocycles. The molecule has 2 aromatic carbocycles. The van der Waals surface area contributed by atoms with E-state index in [2.05, 4.69) is 4.99 Å². The first kappa shape index (κ1) is 17.8. The number of carbonyl (C=O) groups is 2. The van der Waals surface area contributed by atoms with Gasteiger partial charge in [0, 0.05) is 37.9 Å². The molecule has 1 N–H and O–H groups in total. The van der Waals surface area contributed by atoms with Crippen LogP contribution in [0.1, 0.15) is 5.56 Å². The molecule has 142 valence electrons. The van der Waals surface area contributed by atoms with Crippen LogP contribution in [0.4, 0.5) is 4.79 Å². The second-order valence-electron chi connectivity index (χ2n) is 6.57. The second-order valence-corrected chi connectivity index (χ2v) is 6.57. The molecule has 0 aromatic heterocycles. The van der Waals surface area contributed by atoms with Gasteiger partial charge in [0.1, 0.15) is 0 Å². The fourth-order valence-corrected chi connectivity index (χ4v) is 3.17. The molecule has 0 spiro atoms. The molecule has 0 atom stereocenters. The molecule has 2 aliphatic rings. The fourth-order valence-electron chi connectivity index (χ4n) is 3.17. The predicted octanol–water partition coefficient (Wildman–Crippen LogP) is 2.79. The van der Waals surface area contributed by atoms with E-state index in [0.717, 1.165) is 16.7 Å². The van der Waals surface area contributed by atoms with Crippen molar-refractivity contribution in [2.24, 2.45) is 4.99 Å². The third-order valence-electron chi connectivity index (χ3n) is 4.75. The summed E-state index contributed by atoms with van der Waals surface area (Å²) in [5.41, 5.74) is 3.14. The van der Waals surface area contributed by atoms with Gasteiger partial charge in [0.2, 0.25) is 5.90 Å². The average Bonchev–Trinajstić information content (AvgIpc) is 3.09. The first-order chi connectivity index (χ1) is 13.6. The van der Waals surface area contributed by atoms with Crippen molar-refractivity contribution in [3.63, 3.8) is 0 Å². The number of cyclic esters (lactones) is 1. The van der Waals surface area contributed by atoms with Crippen molar-refractivity contribution in [3.05, 3.63) is 72.1 Å². The molecular weight excluding hydrogens is 358 g/mol. The average molecular weight is 377 g/mol. The van der Waals surface area contributed by atoms with Crippen molar-refractivity contribution in [2.45, 2.75) is 0 Å². The lowest BCUT2D eigenvalue weighted by Crippen LogP contribution is -2.46. The minimum atomic E-state index is -0.924. The highest BCUT2D eigenvalue weighted by atomic mass is 16.6. The summed E-state index contributed by atoms with van der Waals surface area (Å²) in [7, 11) is 0. The first-order valence-electron chi connectivity index (χ1n) is 9.00. The predicted molar refractivity (Wildman–Crippen MR) is 104 cm³/mol. The summed E-state index contributed by atoms with van der Waals surface area (Å²) in [6.07, 6.45) is 0.721. The molecule has 4 rings (SSSR count). The number of esters is 1. The SMILES string of the molecule is O=C1OC(c2ccc(-c3ccccc3)cc2)=N/C1=C/N1CCN(C(=O)O)CC1. The van der Waals surface area contributed by atoms with E-state index in [1.54, 1.807) is 6.20 Å². The Labute approximate surface area is 162 Å². The van der Waals surface area contributed by atoms with Gasteiger partial charge in [-0.3, -0.25) is 0 Å². The van der Waals surface area contributed by atoms with Crippen LogP contribution in [0.3, 0.4) is 0 Å². The number of benzene rings is 2. The second kappa shape index (κ2) is 7.56. The van der Waals surface area contributed by atoms with Crippen LogP contribution < -0.4 is 0 Å². The molecule has 1 fully saturated rings. The third-order valence-corrected chi connectivity index (χ3v) is 4.75. The molecule has 1 saturated heterocycles. The normalized spacial score (nSPS) is 18.2. The number of carboxylic acid groups (broad SMARTS) is 1. The van der Waals surface area contributed by atoms with Crippen molar-refractivity contribution >= 4 is 18.0 Å². The number of ether oxygens (including phenoxy) is 1. The fraction of sp³-hybridized carbons (Fsp3) is 0.190. The van der Waals surface area contributed by atoms with Gasteiger partial charge in [0.15, 0.2) is 5.70 Å². The van der Waals surface area contributed by atoms with Crippen LogP contribution in [-0.2, 0) is 9.53 Å². The zero-order chi connectivity index (χ0) is 19.5. The Hall–Kier alpha value is -3.61. The molecule has 1 amide bonds. The highest BCUT2D eigenvalue weighted by Crippen LogP contribution is 2.22. The number of nitrogens with zero attached hydrogens (tertiary/aromatic N) is 3. The van der Waals surface area contributed by atoms with Gasteiger partial charge in [-0.25, -0.2) is 14.6 Å². The Bertz CT molecular complexity index is 943. The summed E-state index contributed by atoms with van der Waals surface area (Å²) >= 11 is 0. The highest BCUT2D eigenvalue weighted by Gasteiger charge is 2.26. The van der Waals surface area contributed by atoms with E-state index in [0.29, 0.717) is 26.2 Å². The van der Waals surface area contributed by atoms with E-state index in [1.807, 2.05) is 59.5 Å². The molecule has 7 heteroatoms. The van der Waals surface area contributed by atoms with Crippen molar-refractivity contribution in [2.75, 3.05) is 26.2 Å². The summed E-state index contributed by atoms with van der Waals surface area (Å²) in [6, 6.07) is 17.7. The van der Waals surface area contributed by atoms with Gasteiger partial charge in [-0.2, -0.15) is 0 Å². The topological polar surface area (TPSA) is 82.4 Å². The van der Waals surface area contributed by atoms with Crippen molar-refractivity contribution in [1.82, 2.24) is 9.80 Å². The van der Waals surface area contributed by atoms with Crippen LogP contribution in [0.2, 0.25) is 0 Å². The number of carbonyl (C=O) groups excluding carboxylic acids is 1. The molecule has 0 bridgehead atoms. The van der Waals surface area contributed by atoms with Gasteiger partial charge in [0.25, 0.3) is 0 Å². The van der Waals surface area contributed by atoms with Crippen LogP contribution >= 0.6 is 0 Å². The van der Waals surface area contributed by atoms with Gasteiger partial charge in [-0.15, -0.1) is 0 Å². The molecule has 28 heavy (non-hydrogen) atoms. The van der Waals surface area contributed by atoms with Gasteiger partial charge in [0.05, 0.1) is 0 Å². The zero-order valence-electron chi connectivity index (χ0n) is 15.1. The van der Waals surface area contributed by atoms with E-state index in [-0.39, 0.29) is 11.6 Å². The lowest BCUT2D eigenvalue weighted by molar-refractivity contribution is -0.130. The maximum Gasteiger partial charge on any atom is 0.407 e. The van der Waals surface area contributed by atoms with Crippen LogP contribution in [0, 0.1) is 0 Å². The summed E-state index contributed by atoms with van der Waals surface area (Å²) < 4.78 is 5.32. The van der Waals surface area contributed by atoms with Crippen LogP contribution in [0.25, 0.3) is 11.1 Å². The zero-order valence-corrected chi connectivity index (χ0v) is 15.1. The summed E-state index contributed by atoms with van der Waals surface area (Å²) in [6.45, 7) is 1.82. The number of hydrogen-bond acceptors (Lipinski definition) is 5. The highest BCUT2D eigenvalue weighted by molar-refractivity contribution is 6.11. The first-order valence-corrected chi connectivity index (χ1v) is 9.00. The summed E-state index contributed by atoms with van der Waals surface area (Å²) in [5, 5.41) is 9.00. The van der Waals surface area contributed by atoms with E-state index >= 15 is 0 Å². The van der Waals surface area contributed by atoms with Gasteiger partial charge in [-0.05, 0) is 23.3 Å². The van der Waals surface area contributed by atoms with E-state index in [4.69, 9.17) is 9.84 Å². The molecular formula is C21H19N3O4. The van der Waals surface area contributed by atoms with Crippen LogP contribution in [-0.4, -0.2) is 59.0 Å². The molecule has 2 heterocycles. The Morgan fingerprint density at radius 3 is 2.18 bits per heavy atom. The molecule has 0 radical (unpaired) electrons. The number of rotatable bonds is 3. The van der Waals surface area contributed by atoms with Crippen molar-refractivity contribution in [3.8, 4) is 11.1 Å². The number of aliphatic imine (C=N–C) groups is 1. The van der Waals surface area contributed by atoms with E-state index in [1.165, 1.54) is 4.90 Å². The molecule has 2 aliphatic heterocycles. The van der Waals surface area contributed by atoms with Crippen LogP contribution in [0.5, 0.6) is 0 Å². The smallest absolute Gasteiger partial charge is 0.407 e. The lowest BCUT2D eigenvalue weighted by Gasteiger charge is -2.32. The Balaban J connectivity index is 1.47. The summed E-state index contributed by atoms with van der Waals surface area (Å²) in [5.74, 6) is -0.220. The monoisotopic (exact) mass is 377 g/mol. The largest absolute Gasteiger partial charge is 0.465 e.